The Morgan fingerprint density at radius 1 is 1.00 bits per heavy atom. The highest BCUT2D eigenvalue weighted by Gasteiger charge is 2.78. The van der Waals surface area contributed by atoms with Crippen LogP contribution in [0.5, 0.6) is 5.75 Å². The van der Waals surface area contributed by atoms with Crippen LogP contribution in [0, 0.1) is 56.2 Å². The number of hydrogen-bond donors (Lipinski definition) is 1. The summed E-state index contributed by atoms with van der Waals surface area (Å²) >= 11 is 0. The van der Waals surface area contributed by atoms with Crippen LogP contribution >= 0.6 is 0 Å². The minimum atomic E-state index is -1.92. The molecule has 2 heterocycles. The molecule has 0 amide bonds. The number of nitrogens with one attached hydrogen (secondary N) is 1. The van der Waals surface area contributed by atoms with E-state index in [1.165, 1.54) is 19.3 Å². The Kier molecular flexibility index (Phi) is 6.77. The van der Waals surface area contributed by atoms with Crippen molar-refractivity contribution in [2.75, 3.05) is 6.61 Å². The molecule has 7 nitrogen and oxygen atoms in total. The molecule has 2 bridgehead atoms. The van der Waals surface area contributed by atoms with E-state index >= 15 is 0 Å². The maximum absolute atomic E-state index is 10.2. The molecule has 2 fully saturated rings. The smallest absolute Gasteiger partial charge is 0.217 e. The minimum absolute atomic E-state index is 0.372. The lowest BCUT2D eigenvalue weighted by molar-refractivity contribution is -0.280. The van der Waals surface area contributed by atoms with E-state index in [9.17, 15) is 15.8 Å². The summed E-state index contributed by atoms with van der Waals surface area (Å²) in [6.07, 6.45) is 5.10. The largest absolute Gasteiger partial charge is 0.494 e. The average Bonchev–Trinajstić information content (AvgIpc) is 2.98. The zero-order valence-corrected chi connectivity index (χ0v) is 19.0. The van der Waals surface area contributed by atoms with Crippen LogP contribution in [-0.2, 0) is 9.47 Å². The molecule has 1 N–H and O–H groups in total. The summed E-state index contributed by atoms with van der Waals surface area (Å²) in [6, 6.07) is 13.3. The first kappa shape index (κ1) is 23.6. The zero-order chi connectivity index (χ0) is 23.4. The van der Waals surface area contributed by atoms with Gasteiger partial charge in [0, 0.05) is 6.42 Å². The first-order valence-electron chi connectivity index (χ1n) is 11.3. The summed E-state index contributed by atoms with van der Waals surface area (Å²) in [6.45, 7) is 6.37. The van der Waals surface area contributed by atoms with E-state index < -0.39 is 28.6 Å². The van der Waals surface area contributed by atoms with Crippen molar-refractivity contribution in [3.8, 4) is 24.0 Å². The van der Waals surface area contributed by atoms with Gasteiger partial charge in [0.05, 0.1) is 30.7 Å². The Hall–Kier alpha value is -3.08. The molecular weight excluding hydrogens is 404 g/mol. The molecule has 1 aromatic rings. The molecule has 0 aromatic heterocycles. The molecule has 7 heteroatoms. The Morgan fingerprint density at radius 3 is 2.22 bits per heavy atom. The summed E-state index contributed by atoms with van der Waals surface area (Å²) < 4.78 is 17.9. The van der Waals surface area contributed by atoms with Crippen LogP contribution < -0.4 is 4.74 Å². The Bertz CT molecular complexity index is 957. The van der Waals surface area contributed by atoms with Crippen LogP contribution in [0.25, 0.3) is 0 Å². The normalized spacial score (nSPS) is 29.9. The lowest BCUT2D eigenvalue weighted by atomic mass is 9.53. The molecular formula is C25H30N4O3. The second kappa shape index (κ2) is 9.19. The highest BCUT2D eigenvalue weighted by Crippen LogP contribution is 2.66. The van der Waals surface area contributed by atoms with Gasteiger partial charge in [0.25, 0.3) is 0 Å². The summed E-state index contributed by atoms with van der Waals surface area (Å²) in [4.78, 5) is 0. The zero-order valence-electron chi connectivity index (χ0n) is 19.0. The van der Waals surface area contributed by atoms with Crippen molar-refractivity contribution in [3.63, 3.8) is 0 Å². The Labute approximate surface area is 190 Å². The number of benzene rings is 1. The third-order valence-electron chi connectivity index (χ3n) is 7.00. The van der Waals surface area contributed by atoms with E-state index in [4.69, 9.17) is 19.6 Å². The second-order valence-electron chi connectivity index (χ2n) is 8.60. The molecule has 0 aliphatic carbocycles. The summed E-state index contributed by atoms with van der Waals surface area (Å²) in [5.74, 6) is -1.56. The van der Waals surface area contributed by atoms with Crippen molar-refractivity contribution in [2.24, 2.45) is 16.7 Å². The van der Waals surface area contributed by atoms with Crippen molar-refractivity contribution in [2.45, 2.75) is 71.2 Å². The maximum atomic E-state index is 10.2. The van der Waals surface area contributed by atoms with Gasteiger partial charge in [-0.2, -0.15) is 15.8 Å². The fourth-order valence-electron chi connectivity index (χ4n) is 4.98. The van der Waals surface area contributed by atoms with E-state index in [0.29, 0.717) is 24.3 Å². The lowest BCUT2D eigenvalue weighted by Gasteiger charge is -2.48. The molecule has 168 valence electrons. The second-order valence-corrected chi connectivity index (χ2v) is 8.60. The Morgan fingerprint density at radius 2 is 1.66 bits per heavy atom. The van der Waals surface area contributed by atoms with E-state index in [0.717, 1.165) is 12.8 Å². The number of nitrogens with zero attached hydrogens (tertiary/aromatic N) is 3. The third-order valence-corrected chi connectivity index (χ3v) is 7.00. The standard InChI is InChI=1S/C25H30N4O3/c1-4-6-7-8-9-14-30-20-12-10-19(11-13-20)21-23(15-26,16-27)24(17-28)18(3)25(5-2,31-21)32-22(24)29/h10-13,18,21,29H,4-9,14H2,1-3H3. The number of fused-ring (bicyclic) bond motifs is 2. The van der Waals surface area contributed by atoms with Crippen LogP contribution in [0.2, 0.25) is 0 Å². The number of rotatable bonds is 9. The molecule has 4 atom stereocenters. The Balaban J connectivity index is 1.89. The van der Waals surface area contributed by atoms with Crippen molar-refractivity contribution >= 4 is 5.90 Å². The maximum Gasteiger partial charge on any atom is 0.217 e. The van der Waals surface area contributed by atoms with Crippen molar-refractivity contribution in [1.29, 1.82) is 21.2 Å². The molecule has 2 saturated heterocycles. The lowest BCUT2D eigenvalue weighted by Crippen LogP contribution is -2.58. The van der Waals surface area contributed by atoms with Crippen LogP contribution in [0.15, 0.2) is 24.3 Å². The summed E-state index contributed by atoms with van der Waals surface area (Å²) in [5.41, 5.74) is -3.07. The monoisotopic (exact) mass is 434 g/mol. The topological polar surface area (TPSA) is 123 Å². The van der Waals surface area contributed by atoms with Gasteiger partial charge in [0.1, 0.15) is 11.9 Å². The SMILES string of the molecule is CCCCCCCOc1ccc(C2OC3(CC)OC(=N)C(C#N)(C3C)C2(C#N)C#N)cc1. The quantitative estimate of drug-likeness (QED) is 0.519. The molecule has 2 aliphatic rings. The van der Waals surface area contributed by atoms with Crippen molar-refractivity contribution < 1.29 is 14.2 Å². The third kappa shape index (κ3) is 3.31. The number of ether oxygens (including phenoxy) is 3. The molecule has 0 radical (unpaired) electrons. The average molecular weight is 435 g/mol. The number of hydrogen-bond acceptors (Lipinski definition) is 7. The highest BCUT2D eigenvalue weighted by molar-refractivity contribution is 5.89. The van der Waals surface area contributed by atoms with E-state index in [-0.39, 0.29) is 5.90 Å². The summed E-state index contributed by atoms with van der Waals surface area (Å²) in [7, 11) is 0. The number of unbranched alkanes of at least 4 members (excludes halogenated alkanes) is 4. The minimum Gasteiger partial charge on any atom is -0.494 e. The van der Waals surface area contributed by atoms with E-state index in [1.807, 2.05) is 19.1 Å². The van der Waals surface area contributed by atoms with E-state index in [2.05, 4.69) is 13.0 Å². The fraction of sp³-hybridized carbons (Fsp3) is 0.600. The van der Waals surface area contributed by atoms with Crippen molar-refractivity contribution in [1.82, 2.24) is 0 Å². The van der Waals surface area contributed by atoms with Gasteiger partial charge in [-0.3, -0.25) is 5.41 Å². The first-order valence-corrected chi connectivity index (χ1v) is 11.3. The van der Waals surface area contributed by atoms with Gasteiger partial charge in [0.15, 0.2) is 5.41 Å². The molecule has 0 saturated carbocycles. The van der Waals surface area contributed by atoms with Gasteiger partial charge in [-0.05, 0) is 24.1 Å². The van der Waals surface area contributed by atoms with E-state index in [1.54, 1.807) is 31.2 Å². The molecule has 4 unspecified atom stereocenters. The fourth-order valence-corrected chi connectivity index (χ4v) is 4.98. The first-order chi connectivity index (χ1) is 15.4. The predicted octanol–water partition coefficient (Wildman–Crippen LogP) is 5.40. The number of nitriles is 3. The van der Waals surface area contributed by atoms with Gasteiger partial charge in [-0.25, -0.2) is 0 Å². The van der Waals surface area contributed by atoms with Crippen LogP contribution in [0.3, 0.4) is 0 Å². The molecule has 32 heavy (non-hydrogen) atoms. The van der Waals surface area contributed by atoms with Gasteiger partial charge < -0.3 is 14.2 Å². The molecule has 0 spiro atoms. The van der Waals surface area contributed by atoms with Crippen LogP contribution in [0.4, 0.5) is 0 Å². The van der Waals surface area contributed by atoms with Gasteiger partial charge in [-0.15, -0.1) is 0 Å². The van der Waals surface area contributed by atoms with Gasteiger partial charge in [-0.1, -0.05) is 58.6 Å². The summed E-state index contributed by atoms with van der Waals surface area (Å²) in [5, 5.41) is 38.9. The predicted molar refractivity (Wildman–Crippen MR) is 117 cm³/mol. The van der Waals surface area contributed by atoms with Crippen molar-refractivity contribution in [3.05, 3.63) is 29.8 Å². The molecule has 3 rings (SSSR count). The van der Waals surface area contributed by atoms with Crippen LogP contribution in [-0.4, -0.2) is 18.3 Å². The molecule has 1 aromatic carbocycles. The molecule has 2 aliphatic heterocycles. The van der Waals surface area contributed by atoms with Gasteiger partial charge >= 0.3 is 0 Å². The van der Waals surface area contributed by atoms with Crippen LogP contribution in [0.1, 0.15) is 71.0 Å². The van der Waals surface area contributed by atoms with Gasteiger partial charge in [0.2, 0.25) is 17.1 Å². The highest BCUT2D eigenvalue weighted by atomic mass is 16.7.